The van der Waals surface area contributed by atoms with Gasteiger partial charge in [-0.05, 0) is 18.2 Å². The SMILES string of the molecule is N#Cc1ccc2oc(C(O)C(=O)O)nc2c1. The summed E-state index contributed by atoms with van der Waals surface area (Å²) in [6.45, 7) is 0. The number of benzene rings is 1. The van der Waals surface area contributed by atoms with E-state index in [0.29, 0.717) is 16.7 Å². The van der Waals surface area contributed by atoms with Crippen molar-refractivity contribution < 1.29 is 19.4 Å². The molecule has 0 radical (unpaired) electrons. The van der Waals surface area contributed by atoms with E-state index < -0.39 is 12.1 Å². The number of hydrogen-bond acceptors (Lipinski definition) is 5. The highest BCUT2D eigenvalue weighted by Gasteiger charge is 2.22. The number of carbonyl (C=O) groups is 1. The van der Waals surface area contributed by atoms with Crippen molar-refractivity contribution >= 4 is 17.1 Å². The molecule has 0 aliphatic carbocycles. The van der Waals surface area contributed by atoms with Gasteiger partial charge in [0, 0.05) is 0 Å². The number of fused-ring (bicyclic) bond motifs is 1. The average molecular weight is 218 g/mol. The van der Waals surface area contributed by atoms with Crippen LogP contribution in [0.3, 0.4) is 0 Å². The Morgan fingerprint density at radius 2 is 2.31 bits per heavy atom. The number of hydrogen-bond donors (Lipinski definition) is 2. The number of nitriles is 1. The van der Waals surface area contributed by atoms with E-state index in [4.69, 9.17) is 14.8 Å². The van der Waals surface area contributed by atoms with Crippen molar-refractivity contribution in [3.05, 3.63) is 29.7 Å². The highest BCUT2D eigenvalue weighted by atomic mass is 16.4. The lowest BCUT2D eigenvalue weighted by molar-refractivity contribution is -0.148. The van der Waals surface area contributed by atoms with E-state index in [2.05, 4.69) is 4.98 Å². The van der Waals surface area contributed by atoms with Gasteiger partial charge < -0.3 is 14.6 Å². The second-order valence-electron chi connectivity index (χ2n) is 3.09. The van der Waals surface area contributed by atoms with Crippen LogP contribution in [0.4, 0.5) is 0 Å². The molecule has 80 valence electrons. The molecule has 2 N–H and O–H groups in total. The van der Waals surface area contributed by atoms with Crippen LogP contribution in [-0.2, 0) is 4.79 Å². The summed E-state index contributed by atoms with van der Waals surface area (Å²) < 4.78 is 5.04. The Labute approximate surface area is 89.4 Å². The van der Waals surface area contributed by atoms with Crippen LogP contribution >= 0.6 is 0 Å². The number of carboxylic acids is 1. The van der Waals surface area contributed by atoms with Gasteiger partial charge in [0.15, 0.2) is 5.58 Å². The summed E-state index contributed by atoms with van der Waals surface area (Å²) in [7, 11) is 0. The largest absolute Gasteiger partial charge is 0.479 e. The van der Waals surface area contributed by atoms with E-state index in [1.165, 1.54) is 18.2 Å². The Kier molecular flexibility index (Phi) is 2.31. The summed E-state index contributed by atoms with van der Waals surface area (Å²) in [6, 6.07) is 6.39. The summed E-state index contributed by atoms with van der Waals surface area (Å²) in [5, 5.41) is 26.4. The first-order valence-corrected chi connectivity index (χ1v) is 4.33. The maximum Gasteiger partial charge on any atom is 0.342 e. The summed E-state index contributed by atoms with van der Waals surface area (Å²) in [4.78, 5) is 14.3. The molecule has 0 saturated carbocycles. The standard InChI is InChI=1S/C10H6N2O4/c11-4-5-1-2-7-6(3-5)12-9(16-7)8(13)10(14)15/h1-3,8,13H,(H,14,15). The number of nitrogens with zero attached hydrogens (tertiary/aromatic N) is 2. The molecular formula is C10H6N2O4. The smallest absolute Gasteiger partial charge is 0.342 e. The zero-order valence-corrected chi connectivity index (χ0v) is 7.91. The lowest BCUT2D eigenvalue weighted by atomic mass is 10.2. The lowest BCUT2D eigenvalue weighted by Gasteiger charge is -1.96. The van der Waals surface area contributed by atoms with Crippen molar-refractivity contribution in [3.63, 3.8) is 0 Å². The molecule has 2 rings (SSSR count). The number of aliphatic carboxylic acids is 1. The molecule has 1 unspecified atom stereocenters. The zero-order valence-electron chi connectivity index (χ0n) is 7.91. The average Bonchev–Trinajstić information content (AvgIpc) is 2.69. The van der Waals surface area contributed by atoms with E-state index in [1.807, 2.05) is 6.07 Å². The van der Waals surface area contributed by atoms with Gasteiger partial charge >= 0.3 is 5.97 Å². The van der Waals surface area contributed by atoms with E-state index >= 15 is 0 Å². The molecule has 6 heteroatoms. The predicted molar refractivity (Wildman–Crippen MR) is 51.3 cm³/mol. The molecule has 0 saturated heterocycles. The van der Waals surface area contributed by atoms with Gasteiger partial charge in [-0.2, -0.15) is 5.26 Å². The van der Waals surface area contributed by atoms with Crippen LogP contribution in [0.25, 0.3) is 11.1 Å². The molecule has 1 heterocycles. The summed E-state index contributed by atoms with van der Waals surface area (Å²) >= 11 is 0. The molecule has 0 spiro atoms. The van der Waals surface area contributed by atoms with Crippen LogP contribution in [0.2, 0.25) is 0 Å². The molecular weight excluding hydrogens is 212 g/mol. The van der Waals surface area contributed by atoms with Crippen LogP contribution in [0.15, 0.2) is 22.6 Å². The summed E-state index contributed by atoms with van der Waals surface area (Å²) in [6.07, 6.45) is -1.79. The molecule has 1 aromatic heterocycles. The molecule has 6 nitrogen and oxygen atoms in total. The van der Waals surface area contributed by atoms with Gasteiger partial charge in [-0.1, -0.05) is 0 Å². The third kappa shape index (κ3) is 1.60. The second kappa shape index (κ2) is 3.64. The van der Waals surface area contributed by atoms with Crippen molar-refractivity contribution in [2.75, 3.05) is 0 Å². The zero-order chi connectivity index (χ0) is 11.7. The molecule has 1 atom stereocenters. The van der Waals surface area contributed by atoms with E-state index in [-0.39, 0.29) is 5.89 Å². The molecule has 0 bridgehead atoms. The number of rotatable bonds is 2. The topological polar surface area (TPSA) is 107 Å². The molecule has 0 aliphatic heterocycles. The van der Waals surface area contributed by atoms with Crippen LogP contribution in [-0.4, -0.2) is 21.2 Å². The van der Waals surface area contributed by atoms with Gasteiger partial charge in [0.05, 0.1) is 11.6 Å². The predicted octanol–water partition coefficient (Wildman–Crippen LogP) is 0.817. The van der Waals surface area contributed by atoms with Crippen LogP contribution < -0.4 is 0 Å². The minimum absolute atomic E-state index is 0.294. The van der Waals surface area contributed by atoms with Crippen LogP contribution in [0.1, 0.15) is 17.6 Å². The monoisotopic (exact) mass is 218 g/mol. The fraction of sp³-hybridized carbons (Fsp3) is 0.100. The molecule has 2 aromatic rings. The molecule has 0 aliphatic rings. The fourth-order valence-corrected chi connectivity index (χ4v) is 1.24. The summed E-state index contributed by atoms with van der Waals surface area (Å²) in [5.41, 5.74) is 1.06. The Hall–Kier alpha value is -2.39. The maximum atomic E-state index is 10.5. The van der Waals surface area contributed by atoms with Crippen molar-refractivity contribution in [2.45, 2.75) is 6.10 Å². The summed E-state index contributed by atoms with van der Waals surface area (Å²) in [5.74, 6) is -1.73. The van der Waals surface area contributed by atoms with Crippen molar-refractivity contribution in [1.82, 2.24) is 4.98 Å². The van der Waals surface area contributed by atoms with Gasteiger partial charge in [0.25, 0.3) is 0 Å². The number of aliphatic hydroxyl groups excluding tert-OH is 1. The number of carboxylic acid groups (broad SMARTS) is 1. The molecule has 16 heavy (non-hydrogen) atoms. The van der Waals surface area contributed by atoms with Crippen molar-refractivity contribution in [3.8, 4) is 6.07 Å². The van der Waals surface area contributed by atoms with Gasteiger partial charge in [0.2, 0.25) is 12.0 Å². The molecule has 1 aromatic carbocycles. The van der Waals surface area contributed by atoms with Gasteiger partial charge in [-0.3, -0.25) is 0 Å². The van der Waals surface area contributed by atoms with Gasteiger partial charge in [-0.25, -0.2) is 9.78 Å². The fourth-order valence-electron chi connectivity index (χ4n) is 1.24. The van der Waals surface area contributed by atoms with E-state index in [1.54, 1.807) is 0 Å². The normalized spacial score (nSPS) is 12.2. The van der Waals surface area contributed by atoms with Crippen molar-refractivity contribution in [1.29, 1.82) is 5.26 Å². The van der Waals surface area contributed by atoms with E-state index in [0.717, 1.165) is 0 Å². The maximum absolute atomic E-state index is 10.5. The first-order valence-electron chi connectivity index (χ1n) is 4.33. The Morgan fingerprint density at radius 3 is 2.94 bits per heavy atom. The second-order valence-corrected chi connectivity index (χ2v) is 3.09. The first-order chi connectivity index (χ1) is 7.61. The van der Waals surface area contributed by atoms with Crippen molar-refractivity contribution in [2.24, 2.45) is 0 Å². The number of aromatic nitrogens is 1. The third-order valence-electron chi connectivity index (χ3n) is 2.00. The Bertz CT molecular complexity index is 596. The quantitative estimate of drug-likeness (QED) is 0.772. The first kappa shape index (κ1) is 10.1. The minimum atomic E-state index is -1.79. The van der Waals surface area contributed by atoms with Gasteiger partial charge in [-0.15, -0.1) is 0 Å². The Balaban J connectivity index is 2.52. The third-order valence-corrected chi connectivity index (χ3v) is 2.00. The minimum Gasteiger partial charge on any atom is -0.479 e. The van der Waals surface area contributed by atoms with Crippen LogP contribution in [0, 0.1) is 11.3 Å². The highest BCUT2D eigenvalue weighted by Crippen LogP contribution is 2.21. The van der Waals surface area contributed by atoms with Crippen LogP contribution in [0.5, 0.6) is 0 Å². The number of oxazole rings is 1. The van der Waals surface area contributed by atoms with E-state index in [9.17, 15) is 9.90 Å². The lowest BCUT2D eigenvalue weighted by Crippen LogP contribution is -2.10. The Morgan fingerprint density at radius 1 is 1.56 bits per heavy atom. The molecule has 0 amide bonds. The number of aliphatic hydroxyl groups is 1. The highest BCUT2D eigenvalue weighted by molar-refractivity contribution is 5.77. The van der Waals surface area contributed by atoms with Gasteiger partial charge in [0.1, 0.15) is 5.52 Å². The molecule has 0 fully saturated rings.